The molecule has 0 bridgehead atoms. The molecule has 108 valence electrons. The van der Waals surface area contributed by atoms with E-state index in [1.54, 1.807) is 11.3 Å². The van der Waals surface area contributed by atoms with Gasteiger partial charge in [0.05, 0.1) is 6.04 Å². The van der Waals surface area contributed by atoms with Gasteiger partial charge in [0.2, 0.25) is 4.96 Å². The van der Waals surface area contributed by atoms with Gasteiger partial charge in [-0.3, -0.25) is 0 Å². The Balaban J connectivity index is 1.50. The van der Waals surface area contributed by atoms with Gasteiger partial charge in [0, 0.05) is 5.92 Å². The van der Waals surface area contributed by atoms with E-state index in [0.29, 0.717) is 5.92 Å². The molecule has 1 unspecified atom stereocenters. The van der Waals surface area contributed by atoms with Gasteiger partial charge in [0.15, 0.2) is 5.82 Å². The summed E-state index contributed by atoms with van der Waals surface area (Å²) in [6.07, 6.45) is 4.27. The van der Waals surface area contributed by atoms with Crippen molar-refractivity contribution in [1.29, 1.82) is 0 Å². The summed E-state index contributed by atoms with van der Waals surface area (Å²) in [4.78, 5) is 0.863. The Labute approximate surface area is 126 Å². The lowest BCUT2D eigenvalue weighted by atomic mass is 10.1. The van der Waals surface area contributed by atoms with Crippen molar-refractivity contribution >= 4 is 16.3 Å². The molecule has 21 heavy (non-hydrogen) atoms. The first-order valence-electron chi connectivity index (χ1n) is 7.33. The highest BCUT2D eigenvalue weighted by molar-refractivity contribution is 7.16. The van der Waals surface area contributed by atoms with Crippen molar-refractivity contribution in [2.45, 2.75) is 37.6 Å². The summed E-state index contributed by atoms with van der Waals surface area (Å²) in [5.74, 6) is 1.55. The maximum atomic E-state index is 6.29. The third-order valence-electron chi connectivity index (χ3n) is 3.88. The number of nitrogens with zero attached hydrogens (tertiary/aromatic N) is 4. The first kappa shape index (κ1) is 12.9. The summed E-state index contributed by atoms with van der Waals surface area (Å²) in [6, 6.07) is 10.4. The van der Waals surface area contributed by atoms with Crippen LogP contribution in [0.1, 0.15) is 47.6 Å². The highest BCUT2D eigenvalue weighted by Crippen LogP contribution is 2.39. The summed E-state index contributed by atoms with van der Waals surface area (Å²) in [5, 5.41) is 14.0. The second-order valence-electron chi connectivity index (χ2n) is 5.60. The Hall–Kier alpha value is -1.79. The Morgan fingerprint density at radius 2 is 2.05 bits per heavy atom. The molecule has 2 aromatic heterocycles. The van der Waals surface area contributed by atoms with Gasteiger partial charge < -0.3 is 5.73 Å². The Morgan fingerprint density at radius 1 is 1.24 bits per heavy atom. The minimum Gasteiger partial charge on any atom is -0.322 e. The number of rotatable bonds is 5. The van der Waals surface area contributed by atoms with Crippen LogP contribution in [0.4, 0.5) is 0 Å². The van der Waals surface area contributed by atoms with E-state index in [0.717, 1.165) is 28.6 Å². The zero-order chi connectivity index (χ0) is 14.2. The number of aromatic nitrogens is 4. The minimum atomic E-state index is -0.0380. The van der Waals surface area contributed by atoms with Crippen LogP contribution in [0.3, 0.4) is 0 Å². The van der Waals surface area contributed by atoms with Crippen LogP contribution in [0.25, 0.3) is 4.96 Å². The summed E-state index contributed by atoms with van der Waals surface area (Å²) in [5.41, 5.74) is 7.61. The Morgan fingerprint density at radius 3 is 2.81 bits per heavy atom. The van der Waals surface area contributed by atoms with Gasteiger partial charge >= 0.3 is 0 Å². The third-order valence-corrected chi connectivity index (χ3v) is 4.91. The molecule has 1 aliphatic rings. The molecule has 1 atom stereocenters. The molecule has 0 radical (unpaired) electrons. The van der Waals surface area contributed by atoms with Crippen molar-refractivity contribution in [2.75, 3.05) is 0 Å². The molecular formula is C15H17N5S. The molecule has 1 fully saturated rings. The maximum Gasteiger partial charge on any atom is 0.234 e. The highest BCUT2D eigenvalue weighted by Gasteiger charge is 2.30. The minimum absolute atomic E-state index is 0.0380. The van der Waals surface area contributed by atoms with Crippen LogP contribution in [0.15, 0.2) is 30.3 Å². The van der Waals surface area contributed by atoms with Gasteiger partial charge in [-0.25, -0.2) is 0 Å². The van der Waals surface area contributed by atoms with Crippen LogP contribution in [0.5, 0.6) is 0 Å². The van der Waals surface area contributed by atoms with E-state index in [4.69, 9.17) is 5.73 Å². The molecule has 0 aliphatic heterocycles. The second-order valence-corrected chi connectivity index (χ2v) is 6.59. The molecule has 0 spiro atoms. The summed E-state index contributed by atoms with van der Waals surface area (Å²) in [7, 11) is 0. The van der Waals surface area contributed by atoms with Crippen molar-refractivity contribution in [3.05, 3.63) is 46.7 Å². The number of fused-ring (bicyclic) bond motifs is 1. The van der Waals surface area contributed by atoms with E-state index >= 15 is 0 Å². The zero-order valence-corrected chi connectivity index (χ0v) is 12.5. The lowest BCUT2D eigenvalue weighted by Crippen LogP contribution is -2.11. The predicted octanol–water partition coefficient (Wildman–Crippen LogP) is 2.70. The molecule has 2 N–H and O–H groups in total. The monoisotopic (exact) mass is 299 g/mol. The summed E-state index contributed by atoms with van der Waals surface area (Å²) in [6.45, 7) is 0. The van der Waals surface area contributed by atoms with Crippen LogP contribution in [-0.4, -0.2) is 19.8 Å². The number of hydrogen-bond donors (Lipinski definition) is 1. The topological polar surface area (TPSA) is 69.1 Å². The largest absolute Gasteiger partial charge is 0.322 e. The van der Waals surface area contributed by atoms with Gasteiger partial charge in [-0.1, -0.05) is 41.7 Å². The molecule has 3 aromatic rings. The van der Waals surface area contributed by atoms with E-state index in [1.807, 2.05) is 10.6 Å². The molecule has 0 saturated heterocycles. The molecule has 6 heteroatoms. The van der Waals surface area contributed by atoms with Gasteiger partial charge in [-0.15, -0.1) is 10.2 Å². The van der Waals surface area contributed by atoms with Crippen molar-refractivity contribution in [1.82, 2.24) is 19.8 Å². The standard InChI is InChI=1S/C15H17N5S/c16-12(9-6-10-4-2-1-3-5-10)14-19-20-13(11-7-8-11)17-18-15(20)21-14/h1-5,11-12H,6-9,16H2. The predicted molar refractivity (Wildman–Crippen MR) is 82.3 cm³/mol. The molecule has 2 heterocycles. The molecule has 1 saturated carbocycles. The molecule has 4 rings (SSSR count). The Kier molecular flexibility index (Phi) is 3.20. The number of nitrogens with two attached hydrogens (primary N) is 1. The first-order chi connectivity index (χ1) is 10.3. The highest BCUT2D eigenvalue weighted by atomic mass is 32.1. The fourth-order valence-electron chi connectivity index (χ4n) is 2.48. The van der Waals surface area contributed by atoms with Crippen molar-refractivity contribution in [3.63, 3.8) is 0 Å². The fraction of sp³-hybridized carbons (Fsp3) is 0.400. The van der Waals surface area contributed by atoms with Crippen LogP contribution in [-0.2, 0) is 6.42 Å². The van der Waals surface area contributed by atoms with Gasteiger partial charge in [0.25, 0.3) is 0 Å². The Bertz CT molecular complexity index is 744. The number of aryl methyl sites for hydroxylation is 1. The van der Waals surface area contributed by atoms with E-state index in [-0.39, 0.29) is 6.04 Å². The first-order valence-corrected chi connectivity index (χ1v) is 8.14. The van der Waals surface area contributed by atoms with Crippen LogP contribution < -0.4 is 5.73 Å². The molecule has 0 amide bonds. The molecule has 1 aliphatic carbocycles. The van der Waals surface area contributed by atoms with E-state index in [9.17, 15) is 0 Å². The van der Waals surface area contributed by atoms with Crippen LogP contribution in [0.2, 0.25) is 0 Å². The average Bonchev–Trinajstić information content (AvgIpc) is 3.14. The van der Waals surface area contributed by atoms with Gasteiger partial charge in [-0.05, 0) is 31.2 Å². The van der Waals surface area contributed by atoms with Crippen molar-refractivity contribution in [2.24, 2.45) is 5.73 Å². The fourth-order valence-corrected chi connectivity index (χ4v) is 3.36. The van der Waals surface area contributed by atoms with Crippen LogP contribution >= 0.6 is 11.3 Å². The summed E-state index contributed by atoms with van der Waals surface area (Å²) >= 11 is 1.56. The SMILES string of the molecule is NC(CCc1ccccc1)c1nn2c(C3CC3)nnc2s1. The molecule has 1 aromatic carbocycles. The number of hydrogen-bond acceptors (Lipinski definition) is 5. The lowest BCUT2D eigenvalue weighted by molar-refractivity contribution is 0.631. The van der Waals surface area contributed by atoms with E-state index < -0.39 is 0 Å². The average molecular weight is 299 g/mol. The van der Waals surface area contributed by atoms with Crippen LogP contribution in [0, 0.1) is 0 Å². The second kappa shape index (κ2) is 5.20. The quantitative estimate of drug-likeness (QED) is 0.786. The van der Waals surface area contributed by atoms with Gasteiger partial charge in [0.1, 0.15) is 5.01 Å². The molecular weight excluding hydrogens is 282 g/mol. The summed E-state index contributed by atoms with van der Waals surface area (Å²) < 4.78 is 1.89. The normalized spacial score (nSPS) is 16.4. The van der Waals surface area contributed by atoms with Crippen molar-refractivity contribution < 1.29 is 0 Å². The number of benzene rings is 1. The zero-order valence-electron chi connectivity index (χ0n) is 11.6. The van der Waals surface area contributed by atoms with E-state index in [2.05, 4.69) is 39.6 Å². The molecule has 5 nitrogen and oxygen atoms in total. The van der Waals surface area contributed by atoms with Crippen molar-refractivity contribution in [3.8, 4) is 0 Å². The smallest absolute Gasteiger partial charge is 0.234 e. The van der Waals surface area contributed by atoms with E-state index in [1.165, 1.54) is 18.4 Å². The third kappa shape index (κ3) is 2.56. The maximum absolute atomic E-state index is 6.29. The lowest BCUT2D eigenvalue weighted by Gasteiger charge is -2.07. The van der Waals surface area contributed by atoms with Gasteiger partial charge in [-0.2, -0.15) is 9.61 Å².